The van der Waals surface area contributed by atoms with Crippen molar-refractivity contribution < 1.29 is 18.4 Å². The van der Waals surface area contributed by atoms with Crippen LogP contribution in [0.3, 0.4) is 0 Å². The van der Waals surface area contributed by atoms with Gasteiger partial charge in [0.2, 0.25) is 0 Å². The molecule has 0 radical (unpaired) electrons. The first-order valence-electron chi connectivity index (χ1n) is 17.3. The summed E-state index contributed by atoms with van der Waals surface area (Å²) in [4.78, 5) is 62.2. The van der Waals surface area contributed by atoms with E-state index in [0.717, 1.165) is 28.0 Å². The van der Waals surface area contributed by atoms with Crippen molar-refractivity contribution in [1.29, 1.82) is 5.26 Å². The summed E-state index contributed by atoms with van der Waals surface area (Å²) in [5.41, 5.74) is 1.81. The van der Waals surface area contributed by atoms with Crippen molar-refractivity contribution in [2.24, 2.45) is 0 Å². The number of rotatable bonds is 9. The van der Waals surface area contributed by atoms with Crippen molar-refractivity contribution >= 4 is 68.2 Å². The zero-order chi connectivity index (χ0) is 40.5. The monoisotopic (exact) mass is 800 g/mol. The highest BCUT2D eigenvalue weighted by Crippen LogP contribution is 2.29. The van der Waals surface area contributed by atoms with Gasteiger partial charge >= 0.3 is 12.1 Å². The van der Waals surface area contributed by atoms with Gasteiger partial charge in [-0.1, -0.05) is 41.4 Å². The van der Waals surface area contributed by atoms with E-state index in [-0.39, 0.29) is 46.2 Å². The molecule has 3 heterocycles. The van der Waals surface area contributed by atoms with Gasteiger partial charge in [0.15, 0.2) is 0 Å². The minimum Gasteiger partial charge on any atom is -0.328 e. The van der Waals surface area contributed by atoms with Crippen LogP contribution in [-0.2, 0) is 0 Å². The highest BCUT2D eigenvalue weighted by atomic mass is 35.5. The molecular weight excluding hydrogens is 765 g/mol. The summed E-state index contributed by atoms with van der Waals surface area (Å²) < 4.78 is 26.7. The van der Waals surface area contributed by atoms with Gasteiger partial charge in [0.1, 0.15) is 11.6 Å². The summed E-state index contributed by atoms with van der Waals surface area (Å²) in [6.07, 6.45) is 6.43. The molecule has 6 rings (SSSR count). The number of anilines is 2. The van der Waals surface area contributed by atoms with Crippen LogP contribution in [0.4, 0.5) is 29.7 Å². The van der Waals surface area contributed by atoms with Crippen LogP contribution in [0.15, 0.2) is 101 Å². The Kier molecular flexibility index (Phi) is 13.4. The van der Waals surface area contributed by atoms with Crippen molar-refractivity contribution in [3.05, 3.63) is 145 Å². The largest absolute Gasteiger partial charge is 0.328 e. The number of pyridine rings is 3. The number of nitriles is 1. The van der Waals surface area contributed by atoms with Crippen molar-refractivity contribution in [3.63, 3.8) is 0 Å². The number of nitrogens with one attached hydrogen (secondary N) is 4. The van der Waals surface area contributed by atoms with Crippen molar-refractivity contribution in [3.8, 4) is 6.07 Å². The van der Waals surface area contributed by atoms with E-state index in [1.807, 2.05) is 39.0 Å². The van der Waals surface area contributed by atoms with Gasteiger partial charge in [-0.25, -0.2) is 18.4 Å². The van der Waals surface area contributed by atoms with Crippen LogP contribution in [0.1, 0.15) is 50.4 Å². The number of aromatic amines is 2. The molecule has 0 aliphatic rings. The lowest BCUT2D eigenvalue weighted by Gasteiger charge is -2.29. The second-order valence-electron chi connectivity index (χ2n) is 12.5. The minimum atomic E-state index is -0.584. The zero-order valence-electron chi connectivity index (χ0n) is 30.4. The van der Waals surface area contributed by atoms with Gasteiger partial charge in [0.25, 0.3) is 11.1 Å². The molecule has 0 spiro atoms. The Morgan fingerprint density at radius 1 is 0.786 bits per heavy atom. The summed E-state index contributed by atoms with van der Waals surface area (Å²) >= 11 is 11.6. The predicted octanol–water partition coefficient (Wildman–Crippen LogP) is 9.16. The maximum Gasteiger partial charge on any atom is 0.322 e. The molecular formula is C40H36Cl2F2N8O4. The highest BCUT2D eigenvalue weighted by Gasteiger charge is 2.25. The van der Waals surface area contributed by atoms with E-state index in [1.165, 1.54) is 41.4 Å². The van der Waals surface area contributed by atoms with Gasteiger partial charge in [-0.2, -0.15) is 5.26 Å². The number of benzene rings is 3. The lowest BCUT2D eigenvalue weighted by molar-refractivity contribution is 0.194. The third kappa shape index (κ3) is 9.31. The molecule has 0 aliphatic heterocycles. The number of hydrogen-bond acceptors (Lipinski definition) is 6. The smallest absolute Gasteiger partial charge is 0.322 e. The van der Waals surface area contributed by atoms with Crippen LogP contribution < -0.4 is 21.8 Å². The Bertz CT molecular complexity index is 2560. The number of aromatic nitrogens is 3. The van der Waals surface area contributed by atoms with Crippen LogP contribution in [0.25, 0.3) is 21.5 Å². The van der Waals surface area contributed by atoms with Crippen molar-refractivity contribution in [2.45, 2.75) is 39.3 Å². The fraction of sp³-hybridized carbons (Fsp3) is 0.200. The van der Waals surface area contributed by atoms with Gasteiger partial charge < -0.3 is 30.4 Å². The molecule has 16 heteroatoms. The van der Waals surface area contributed by atoms with E-state index in [9.17, 15) is 28.0 Å². The molecule has 0 aliphatic carbocycles. The van der Waals surface area contributed by atoms with E-state index in [2.05, 4.69) is 25.6 Å². The number of fused-ring (bicyclic) bond motifs is 2. The van der Waals surface area contributed by atoms with Crippen LogP contribution in [0, 0.1) is 23.0 Å². The average Bonchev–Trinajstić information content (AvgIpc) is 3.19. The fourth-order valence-corrected chi connectivity index (χ4v) is 6.52. The SMILES string of the molecule is CC(c1c[nH]c(=O)c2ccccc12)N(CCC#N)C(=O)Nc1ccc(F)c(Cl)c1.CCN(C(=O)Nc1ccc(F)c(Cl)c1)C(C)c1c[nH]c(=O)c2cnccc12. The highest BCUT2D eigenvalue weighted by molar-refractivity contribution is 6.31. The molecule has 56 heavy (non-hydrogen) atoms. The first-order chi connectivity index (χ1) is 26.8. The third-order valence-electron chi connectivity index (χ3n) is 9.08. The van der Waals surface area contributed by atoms with E-state index in [0.29, 0.717) is 28.7 Å². The molecule has 4 amide bonds. The van der Waals surface area contributed by atoms with Gasteiger partial charge in [-0.05, 0) is 91.2 Å². The maximum absolute atomic E-state index is 13.4. The number of carbonyl (C=O) groups excluding carboxylic acids is 2. The van der Waals surface area contributed by atoms with Gasteiger partial charge in [-0.3, -0.25) is 14.6 Å². The van der Waals surface area contributed by atoms with Gasteiger partial charge in [0.05, 0.1) is 40.0 Å². The topological polar surface area (TPSA) is 167 Å². The first-order valence-corrected chi connectivity index (χ1v) is 18.1. The predicted molar refractivity (Wildman–Crippen MR) is 214 cm³/mol. The summed E-state index contributed by atoms with van der Waals surface area (Å²) in [5.74, 6) is -1.14. The Morgan fingerprint density at radius 2 is 1.29 bits per heavy atom. The molecule has 2 atom stereocenters. The first kappa shape index (κ1) is 40.9. The lowest BCUT2D eigenvalue weighted by Crippen LogP contribution is -2.38. The summed E-state index contributed by atoms with van der Waals surface area (Å²) in [6, 6.07) is 17.2. The standard InChI is InChI=1S/C21H18ClFN4O2.C19H18ClFN4O2/c1-13(17-12-25-20(28)16-6-3-2-5-15(16)17)27(10-4-9-24)21(29)26-14-7-8-19(23)18(22)11-14;1-3-25(19(27)24-12-4-5-17(21)16(20)8-12)11(2)14-10-23-18(26)15-9-22-7-6-13(14)15/h2-3,5-8,11-13H,4,10H2,1H3,(H,25,28)(H,26,29);4-11H,3H2,1-2H3,(H,23,26)(H,24,27). The number of amides is 4. The quantitative estimate of drug-likeness (QED) is 0.114. The van der Waals surface area contributed by atoms with E-state index >= 15 is 0 Å². The Morgan fingerprint density at radius 3 is 1.82 bits per heavy atom. The summed E-state index contributed by atoms with van der Waals surface area (Å²) in [6.45, 7) is 6.13. The molecule has 0 saturated heterocycles. The molecule has 3 aromatic heterocycles. The summed E-state index contributed by atoms with van der Waals surface area (Å²) in [5, 5.41) is 16.7. The lowest BCUT2D eigenvalue weighted by atomic mass is 10.0. The number of urea groups is 2. The molecule has 0 bridgehead atoms. The van der Waals surface area contributed by atoms with Gasteiger partial charge in [0, 0.05) is 54.6 Å². The molecule has 3 aromatic carbocycles. The van der Waals surface area contributed by atoms with E-state index in [1.54, 1.807) is 41.7 Å². The minimum absolute atomic E-state index is 0.0666. The average molecular weight is 802 g/mol. The molecule has 12 nitrogen and oxygen atoms in total. The number of halogens is 4. The van der Waals surface area contributed by atoms with Crippen LogP contribution in [-0.4, -0.2) is 49.9 Å². The van der Waals surface area contributed by atoms with Crippen LogP contribution in [0.2, 0.25) is 10.0 Å². The van der Waals surface area contributed by atoms with Crippen molar-refractivity contribution in [1.82, 2.24) is 24.8 Å². The number of hydrogen-bond donors (Lipinski definition) is 4. The van der Waals surface area contributed by atoms with E-state index in [4.69, 9.17) is 28.5 Å². The number of H-pyrrole nitrogens is 2. The summed E-state index contributed by atoms with van der Waals surface area (Å²) in [7, 11) is 0. The normalized spacial score (nSPS) is 11.8. The van der Waals surface area contributed by atoms with Crippen molar-refractivity contribution in [2.75, 3.05) is 23.7 Å². The Hall–Kier alpha value is -6.30. The number of nitrogens with zero attached hydrogens (tertiary/aromatic N) is 4. The second-order valence-corrected chi connectivity index (χ2v) is 13.3. The van der Waals surface area contributed by atoms with Gasteiger partial charge in [-0.15, -0.1) is 0 Å². The third-order valence-corrected chi connectivity index (χ3v) is 9.66. The molecule has 6 aromatic rings. The molecule has 0 fully saturated rings. The second kappa shape index (κ2) is 18.4. The fourth-order valence-electron chi connectivity index (χ4n) is 6.16. The van der Waals surface area contributed by atoms with Crippen LogP contribution in [0.5, 0.6) is 0 Å². The zero-order valence-corrected chi connectivity index (χ0v) is 31.9. The molecule has 4 N–H and O–H groups in total. The van der Waals surface area contributed by atoms with E-state index < -0.39 is 23.7 Å². The maximum atomic E-state index is 13.4. The molecule has 2 unspecified atom stereocenters. The molecule has 288 valence electrons. The Balaban J connectivity index is 0.000000215. The number of carbonyl (C=O) groups is 2. The molecule has 0 saturated carbocycles. The van der Waals surface area contributed by atoms with Crippen LogP contribution >= 0.6 is 23.2 Å². The Labute approximate surface area is 329 Å².